The standard InChI is InChI=1S/C22H27NO4S/c24-22(11-6-18-4-2-1-3-5-18)27-20-7-9-21(10-8-20)28(25,26)17-14-19-12-15-23-16-13-19/h1-5,7-10,19,23H,6,11-17H2. The number of aryl methyl sites for hydroxylation is 1. The molecule has 2 aromatic carbocycles. The van der Waals surface area contributed by atoms with Gasteiger partial charge in [-0.2, -0.15) is 0 Å². The molecule has 0 spiro atoms. The lowest BCUT2D eigenvalue weighted by Gasteiger charge is -2.22. The van der Waals surface area contributed by atoms with E-state index in [1.165, 1.54) is 12.1 Å². The molecule has 0 aliphatic carbocycles. The molecule has 0 bridgehead atoms. The summed E-state index contributed by atoms with van der Waals surface area (Å²) >= 11 is 0. The second kappa shape index (κ2) is 9.85. The van der Waals surface area contributed by atoms with Gasteiger partial charge in [0.1, 0.15) is 5.75 Å². The third-order valence-electron chi connectivity index (χ3n) is 5.13. The first-order chi connectivity index (χ1) is 13.5. The molecular formula is C22H27NO4S. The van der Waals surface area contributed by atoms with Gasteiger partial charge >= 0.3 is 5.97 Å². The zero-order valence-electron chi connectivity index (χ0n) is 16.0. The maximum Gasteiger partial charge on any atom is 0.311 e. The van der Waals surface area contributed by atoms with Crippen molar-refractivity contribution in [2.45, 2.75) is 37.0 Å². The van der Waals surface area contributed by atoms with E-state index in [0.29, 0.717) is 24.5 Å². The predicted octanol–water partition coefficient (Wildman–Crippen LogP) is 3.39. The van der Waals surface area contributed by atoms with Crippen molar-refractivity contribution < 1.29 is 17.9 Å². The number of carbonyl (C=O) groups is 1. The smallest absolute Gasteiger partial charge is 0.311 e. The molecule has 0 atom stereocenters. The molecule has 1 aliphatic heterocycles. The fraction of sp³-hybridized carbons (Fsp3) is 0.409. The van der Waals surface area contributed by atoms with Crippen LogP contribution in [0.2, 0.25) is 0 Å². The maximum absolute atomic E-state index is 12.5. The Morgan fingerprint density at radius 2 is 1.68 bits per heavy atom. The average Bonchev–Trinajstić information content (AvgIpc) is 2.73. The molecule has 1 heterocycles. The molecule has 2 aromatic rings. The van der Waals surface area contributed by atoms with E-state index in [9.17, 15) is 13.2 Å². The van der Waals surface area contributed by atoms with Crippen LogP contribution in [0.3, 0.4) is 0 Å². The monoisotopic (exact) mass is 401 g/mol. The molecule has 28 heavy (non-hydrogen) atoms. The predicted molar refractivity (Wildman–Crippen MR) is 109 cm³/mol. The van der Waals surface area contributed by atoms with Gasteiger partial charge in [0, 0.05) is 6.42 Å². The van der Waals surface area contributed by atoms with E-state index in [1.54, 1.807) is 12.1 Å². The number of piperidine rings is 1. The molecule has 0 unspecified atom stereocenters. The summed E-state index contributed by atoms with van der Waals surface area (Å²) in [6.07, 6.45) is 3.66. The van der Waals surface area contributed by atoms with Crippen LogP contribution in [0, 0.1) is 5.92 Å². The Morgan fingerprint density at radius 3 is 2.36 bits per heavy atom. The summed E-state index contributed by atoms with van der Waals surface area (Å²) < 4.78 is 30.4. The highest BCUT2D eigenvalue weighted by Crippen LogP contribution is 2.22. The van der Waals surface area contributed by atoms with Gasteiger partial charge < -0.3 is 10.1 Å². The van der Waals surface area contributed by atoms with Crippen LogP contribution in [-0.4, -0.2) is 33.2 Å². The molecule has 0 radical (unpaired) electrons. The Bertz CT molecular complexity index is 857. The largest absolute Gasteiger partial charge is 0.427 e. The summed E-state index contributed by atoms with van der Waals surface area (Å²) in [6.45, 7) is 1.93. The van der Waals surface area contributed by atoms with Crippen molar-refractivity contribution in [2.75, 3.05) is 18.8 Å². The fourth-order valence-electron chi connectivity index (χ4n) is 3.40. The summed E-state index contributed by atoms with van der Waals surface area (Å²) in [4.78, 5) is 12.3. The van der Waals surface area contributed by atoms with Gasteiger partial charge in [0.25, 0.3) is 0 Å². The third kappa shape index (κ3) is 6.17. The Morgan fingerprint density at radius 1 is 1.00 bits per heavy atom. The summed E-state index contributed by atoms with van der Waals surface area (Å²) in [6, 6.07) is 15.9. The van der Waals surface area contributed by atoms with E-state index < -0.39 is 9.84 Å². The van der Waals surface area contributed by atoms with E-state index in [1.807, 2.05) is 30.3 Å². The minimum atomic E-state index is -3.31. The van der Waals surface area contributed by atoms with Crippen molar-refractivity contribution in [3.63, 3.8) is 0 Å². The minimum absolute atomic E-state index is 0.161. The number of sulfone groups is 1. The first kappa shape index (κ1) is 20.6. The summed E-state index contributed by atoms with van der Waals surface area (Å²) in [5.74, 6) is 0.676. The quantitative estimate of drug-likeness (QED) is 0.542. The van der Waals surface area contributed by atoms with Crippen molar-refractivity contribution in [2.24, 2.45) is 5.92 Å². The Kier molecular flexibility index (Phi) is 7.23. The van der Waals surface area contributed by atoms with E-state index in [-0.39, 0.29) is 23.0 Å². The van der Waals surface area contributed by atoms with Crippen molar-refractivity contribution in [1.29, 1.82) is 0 Å². The molecule has 0 aromatic heterocycles. The van der Waals surface area contributed by atoms with Crippen LogP contribution in [0.15, 0.2) is 59.5 Å². The molecule has 150 valence electrons. The lowest BCUT2D eigenvalue weighted by molar-refractivity contribution is -0.134. The van der Waals surface area contributed by atoms with Gasteiger partial charge in [-0.05, 0) is 74.5 Å². The molecule has 3 rings (SSSR count). The second-order valence-electron chi connectivity index (χ2n) is 7.23. The molecule has 0 saturated carbocycles. The molecule has 6 heteroatoms. The number of benzene rings is 2. The molecule has 1 aliphatic rings. The Hall–Kier alpha value is -2.18. The van der Waals surface area contributed by atoms with Gasteiger partial charge in [-0.15, -0.1) is 0 Å². The first-order valence-electron chi connectivity index (χ1n) is 9.81. The number of nitrogens with one attached hydrogen (secondary N) is 1. The lowest BCUT2D eigenvalue weighted by Crippen LogP contribution is -2.28. The summed E-state index contributed by atoms with van der Waals surface area (Å²) in [5.41, 5.74) is 1.08. The van der Waals surface area contributed by atoms with Gasteiger partial charge in [-0.25, -0.2) is 8.42 Å². The molecule has 1 saturated heterocycles. The highest BCUT2D eigenvalue weighted by atomic mass is 32.2. The van der Waals surface area contributed by atoms with Gasteiger partial charge in [0.15, 0.2) is 9.84 Å². The number of hydrogen-bond donors (Lipinski definition) is 1. The van der Waals surface area contributed by atoms with Crippen LogP contribution in [0.25, 0.3) is 0 Å². The highest BCUT2D eigenvalue weighted by molar-refractivity contribution is 7.91. The van der Waals surface area contributed by atoms with Crippen molar-refractivity contribution in [3.05, 3.63) is 60.2 Å². The van der Waals surface area contributed by atoms with E-state index in [0.717, 1.165) is 31.5 Å². The molecule has 1 fully saturated rings. The fourth-order valence-corrected chi connectivity index (χ4v) is 4.83. The summed E-state index contributed by atoms with van der Waals surface area (Å²) in [7, 11) is -3.31. The molecule has 0 amide bonds. The summed E-state index contributed by atoms with van der Waals surface area (Å²) in [5, 5.41) is 3.29. The second-order valence-corrected chi connectivity index (χ2v) is 9.34. The van der Waals surface area contributed by atoms with E-state index >= 15 is 0 Å². The van der Waals surface area contributed by atoms with E-state index in [2.05, 4.69) is 5.32 Å². The number of ether oxygens (including phenoxy) is 1. The number of rotatable bonds is 8. The molecule has 5 nitrogen and oxygen atoms in total. The molecular weight excluding hydrogens is 374 g/mol. The Balaban J connectivity index is 1.49. The third-order valence-corrected chi connectivity index (χ3v) is 6.89. The van der Waals surface area contributed by atoms with Crippen LogP contribution >= 0.6 is 0 Å². The Labute approximate surface area is 167 Å². The van der Waals surface area contributed by atoms with E-state index in [4.69, 9.17) is 4.74 Å². The van der Waals surface area contributed by atoms with Crippen molar-refractivity contribution in [1.82, 2.24) is 5.32 Å². The van der Waals surface area contributed by atoms with Crippen LogP contribution in [-0.2, 0) is 21.1 Å². The first-order valence-corrected chi connectivity index (χ1v) is 11.5. The van der Waals surface area contributed by atoms with Gasteiger partial charge in [0.05, 0.1) is 10.6 Å². The SMILES string of the molecule is O=C(CCc1ccccc1)Oc1ccc(S(=O)(=O)CCC2CCNCC2)cc1. The normalized spacial score (nSPS) is 15.3. The van der Waals surface area contributed by atoms with Gasteiger partial charge in [-0.1, -0.05) is 30.3 Å². The number of hydrogen-bond acceptors (Lipinski definition) is 5. The van der Waals surface area contributed by atoms with Gasteiger partial charge in [0.2, 0.25) is 0 Å². The number of esters is 1. The van der Waals surface area contributed by atoms with Gasteiger partial charge in [-0.3, -0.25) is 4.79 Å². The van der Waals surface area contributed by atoms with Crippen LogP contribution in [0.1, 0.15) is 31.2 Å². The van der Waals surface area contributed by atoms with Crippen LogP contribution < -0.4 is 10.1 Å². The minimum Gasteiger partial charge on any atom is -0.427 e. The zero-order valence-corrected chi connectivity index (χ0v) is 16.8. The van der Waals surface area contributed by atoms with Crippen LogP contribution in [0.5, 0.6) is 5.75 Å². The highest BCUT2D eigenvalue weighted by Gasteiger charge is 2.19. The molecule has 1 N–H and O–H groups in total. The topological polar surface area (TPSA) is 72.5 Å². The maximum atomic E-state index is 12.5. The average molecular weight is 402 g/mol. The number of carbonyl (C=O) groups excluding carboxylic acids is 1. The van der Waals surface area contributed by atoms with Crippen molar-refractivity contribution in [3.8, 4) is 5.75 Å². The lowest BCUT2D eigenvalue weighted by atomic mass is 9.96. The van der Waals surface area contributed by atoms with Crippen LogP contribution in [0.4, 0.5) is 0 Å². The zero-order chi connectivity index (χ0) is 19.8. The van der Waals surface area contributed by atoms with Crippen molar-refractivity contribution >= 4 is 15.8 Å².